The fourth-order valence-electron chi connectivity index (χ4n) is 3.47. The molecule has 142 valence electrons. The minimum Gasteiger partial charge on any atom is -0.494 e. The summed E-state index contributed by atoms with van der Waals surface area (Å²) in [6, 6.07) is 9.85. The maximum atomic E-state index is 14.4. The van der Waals surface area contributed by atoms with Crippen molar-refractivity contribution in [3.63, 3.8) is 0 Å². The van der Waals surface area contributed by atoms with Crippen molar-refractivity contribution in [2.45, 2.75) is 26.0 Å². The van der Waals surface area contributed by atoms with Crippen molar-refractivity contribution in [1.82, 2.24) is 4.57 Å². The topological polar surface area (TPSA) is 71.7 Å². The molecule has 0 saturated heterocycles. The smallest absolute Gasteiger partial charge is 0.307 e. The van der Waals surface area contributed by atoms with E-state index in [1.807, 2.05) is 0 Å². The van der Waals surface area contributed by atoms with E-state index in [0.29, 0.717) is 27.7 Å². The Labute approximate surface area is 164 Å². The third-order valence-electron chi connectivity index (χ3n) is 4.76. The van der Waals surface area contributed by atoms with Gasteiger partial charge in [0.15, 0.2) is 17.3 Å². The average molecular weight is 436 g/mol. The van der Waals surface area contributed by atoms with Crippen LogP contribution in [0.5, 0.6) is 5.75 Å². The van der Waals surface area contributed by atoms with E-state index in [0.717, 1.165) is 4.47 Å². The van der Waals surface area contributed by atoms with Crippen LogP contribution in [-0.2, 0) is 16.9 Å². The molecule has 3 rings (SSSR count). The number of ether oxygens (including phenoxy) is 1. The Kier molecular flexibility index (Phi) is 5.01. The molecule has 0 fully saturated rings. The molecule has 0 spiro atoms. The molecule has 0 aliphatic heterocycles. The zero-order chi connectivity index (χ0) is 19.9. The van der Waals surface area contributed by atoms with Gasteiger partial charge in [0, 0.05) is 27.2 Å². The number of carboxylic acids is 1. The molecular weight excluding hydrogens is 417 g/mol. The maximum Gasteiger partial charge on any atom is 0.307 e. The maximum absolute atomic E-state index is 14.4. The number of hydrogen-bond donors (Lipinski definition) is 2. The fourth-order valence-corrected chi connectivity index (χ4v) is 3.73. The highest BCUT2D eigenvalue weighted by Gasteiger charge is 2.31. The fraction of sp³-hybridized carbons (Fsp3) is 0.250. The van der Waals surface area contributed by atoms with E-state index in [-0.39, 0.29) is 12.2 Å². The molecule has 0 saturated carbocycles. The molecule has 2 N–H and O–H groups in total. The zero-order valence-corrected chi connectivity index (χ0v) is 16.7. The number of aliphatic carboxylic acids is 1. The standard InChI is InChI=1S/C20H19BrFNO4/c1-11-14(9-19(24)25)15-8-18(27-3)16(22)10-17(15)23(11)20(2,26)12-4-6-13(21)7-5-12/h4-8,10,26H,9H2,1-3H3,(H,24,25). The van der Waals surface area contributed by atoms with Gasteiger partial charge in [-0.3, -0.25) is 4.79 Å². The number of halogens is 2. The van der Waals surface area contributed by atoms with Crippen LogP contribution in [0.25, 0.3) is 10.9 Å². The van der Waals surface area contributed by atoms with Crippen LogP contribution >= 0.6 is 15.9 Å². The van der Waals surface area contributed by atoms with Crippen LogP contribution in [0, 0.1) is 12.7 Å². The van der Waals surface area contributed by atoms with E-state index in [1.54, 1.807) is 42.7 Å². The predicted octanol–water partition coefficient (Wildman–Crippen LogP) is 4.20. The van der Waals surface area contributed by atoms with Crippen molar-refractivity contribution in [2.24, 2.45) is 0 Å². The molecule has 0 aliphatic carbocycles. The number of benzene rings is 2. The van der Waals surface area contributed by atoms with Gasteiger partial charge in [-0.1, -0.05) is 28.1 Å². The third kappa shape index (κ3) is 3.33. The molecule has 0 radical (unpaired) electrons. The Morgan fingerprint density at radius 2 is 1.93 bits per heavy atom. The van der Waals surface area contributed by atoms with E-state index in [2.05, 4.69) is 15.9 Å². The number of rotatable bonds is 5. The average Bonchev–Trinajstić information content (AvgIpc) is 2.85. The molecule has 0 bridgehead atoms. The van der Waals surface area contributed by atoms with Crippen molar-refractivity contribution in [1.29, 1.82) is 0 Å². The van der Waals surface area contributed by atoms with Gasteiger partial charge in [-0.25, -0.2) is 4.39 Å². The zero-order valence-electron chi connectivity index (χ0n) is 15.1. The number of methoxy groups -OCH3 is 1. The Balaban J connectivity index is 2.34. The molecule has 2 aromatic carbocycles. The van der Waals surface area contributed by atoms with E-state index in [9.17, 15) is 19.4 Å². The van der Waals surface area contributed by atoms with Crippen molar-refractivity contribution in [2.75, 3.05) is 7.11 Å². The predicted molar refractivity (Wildman–Crippen MR) is 104 cm³/mol. The third-order valence-corrected chi connectivity index (χ3v) is 5.29. The van der Waals surface area contributed by atoms with E-state index in [1.165, 1.54) is 19.2 Å². The number of carbonyl (C=O) groups is 1. The lowest BCUT2D eigenvalue weighted by Crippen LogP contribution is -2.32. The lowest BCUT2D eigenvalue weighted by molar-refractivity contribution is -0.136. The van der Waals surface area contributed by atoms with Crippen molar-refractivity contribution < 1.29 is 24.1 Å². The van der Waals surface area contributed by atoms with Crippen molar-refractivity contribution in [3.8, 4) is 5.75 Å². The van der Waals surface area contributed by atoms with Gasteiger partial charge in [-0.05, 0) is 37.6 Å². The van der Waals surface area contributed by atoms with Crippen LogP contribution in [0.4, 0.5) is 4.39 Å². The van der Waals surface area contributed by atoms with Crippen molar-refractivity contribution >= 4 is 32.8 Å². The normalized spacial score (nSPS) is 13.6. The highest BCUT2D eigenvalue weighted by molar-refractivity contribution is 9.10. The SMILES string of the molecule is COc1cc2c(CC(=O)O)c(C)n(C(C)(O)c3ccc(Br)cc3)c2cc1F. The minimum atomic E-state index is -1.51. The van der Waals surface area contributed by atoms with Gasteiger partial charge in [0.1, 0.15) is 0 Å². The largest absolute Gasteiger partial charge is 0.494 e. The molecule has 1 unspecified atom stereocenters. The second-order valence-corrected chi connectivity index (χ2v) is 7.42. The van der Waals surface area contributed by atoms with Crippen LogP contribution in [0.3, 0.4) is 0 Å². The number of fused-ring (bicyclic) bond motifs is 1. The first-order chi connectivity index (χ1) is 12.7. The van der Waals surface area contributed by atoms with Crippen molar-refractivity contribution in [3.05, 3.63) is 63.5 Å². The molecule has 7 heteroatoms. The monoisotopic (exact) mass is 435 g/mol. The Morgan fingerprint density at radius 3 is 2.48 bits per heavy atom. The van der Waals surface area contributed by atoms with Crippen LogP contribution in [-0.4, -0.2) is 27.9 Å². The summed E-state index contributed by atoms with van der Waals surface area (Å²) in [5, 5.41) is 21.2. The molecular formula is C20H19BrFNO4. The molecule has 5 nitrogen and oxygen atoms in total. The lowest BCUT2D eigenvalue weighted by Gasteiger charge is -2.29. The van der Waals surface area contributed by atoms with E-state index in [4.69, 9.17) is 4.74 Å². The molecule has 27 heavy (non-hydrogen) atoms. The molecule has 3 aromatic rings. The van der Waals surface area contributed by atoms with Gasteiger partial charge in [-0.2, -0.15) is 0 Å². The molecule has 1 aromatic heterocycles. The quantitative estimate of drug-likeness (QED) is 0.629. The van der Waals surface area contributed by atoms with Gasteiger partial charge in [0.05, 0.1) is 19.0 Å². The van der Waals surface area contributed by atoms with Gasteiger partial charge in [0.25, 0.3) is 0 Å². The van der Waals surface area contributed by atoms with Gasteiger partial charge in [0.2, 0.25) is 0 Å². The Hall–Kier alpha value is -2.38. The Morgan fingerprint density at radius 1 is 1.30 bits per heavy atom. The molecule has 0 aliphatic rings. The summed E-state index contributed by atoms with van der Waals surface area (Å²) >= 11 is 3.36. The highest BCUT2D eigenvalue weighted by atomic mass is 79.9. The Bertz CT molecular complexity index is 1020. The molecule has 1 heterocycles. The summed E-state index contributed by atoms with van der Waals surface area (Å²) in [6.07, 6.45) is -0.249. The summed E-state index contributed by atoms with van der Waals surface area (Å²) in [5.41, 5.74) is 0.529. The second-order valence-electron chi connectivity index (χ2n) is 6.50. The summed E-state index contributed by atoms with van der Waals surface area (Å²) in [5.74, 6) is -1.57. The van der Waals surface area contributed by atoms with Gasteiger partial charge < -0.3 is 19.5 Å². The summed E-state index contributed by atoms with van der Waals surface area (Å²) < 4.78 is 21.9. The van der Waals surface area contributed by atoms with Crippen LogP contribution < -0.4 is 4.74 Å². The summed E-state index contributed by atoms with van der Waals surface area (Å²) in [4.78, 5) is 11.4. The highest BCUT2D eigenvalue weighted by Crippen LogP contribution is 2.37. The first-order valence-electron chi connectivity index (χ1n) is 8.25. The minimum absolute atomic E-state index is 0.0228. The van der Waals surface area contributed by atoms with E-state index >= 15 is 0 Å². The summed E-state index contributed by atoms with van der Waals surface area (Å²) in [6.45, 7) is 3.31. The molecule has 1 atom stereocenters. The van der Waals surface area contributed by atoms with Crippen LogP contribution in [0.2, 0.25) is 0 Å². The first kappa shape index (κ1) is 19.4. The van der Waals surface area contributed by atoms with Gasteiger partial charge >= 0.3 is 5.97 Å². The molecule has 0 amide bonds. The number of aliphatic hydroxyl groups is 1. The number of carboxylic acid groups (broad SMARTS) is 1. The number of nitrogens with zero attached hydrogens (tertiary/aromatic N) is 1. The van der Waals surface area contributed by atoms with Crippen LogP contribution in [0.15, 0.2) is 40.9 Å². The lowest BCUT2D eigenvalue weighted by atomic mass is 10.0. The second kappa shape index (κ2) is 6.98. The summed E-state index contributed by atoms with van der Waals surface area (Å²) in [7, 11) is 1.35. The van der Waals surface area contributed by atoms with Gasteiger partial charge in [-0.15, -0.1) is 0 Å². The van der Waals surface area contributed by atoms with E-state index < -0.39 is 17.5 Å². The van der Waals surface area contributed by atoms with Crippen LogP contribution in [0.1, 0.15) is 23.7 Å². The number of hydrogen-bond acceptors (Lipinski definition) is 3. The number of aromatic nitrogens is 1. The first-order valence-corrected chi connectivity index (χ1v) is 9.04.